The van der Waals surface area contributed by atoms with E-state index in [2.05, 4.69) is 12.2 Å². The van der Waals surface area contributed by atoms with Gasteiger partial charge in [0.2, 0.25) is 6.79 Å². The second-order valence-corrected chi connectivity index (χ2v) is 3.19. The predicted octanol–water partition coefficient (Wildman–Crippen LogP) is 1.11. The number of nitrogens with one attached hydrogen (secondary N) is 1. The highest BCUT2D eigenvalue weighted by atomic mass is 16.7. The van der Waals surface area contributed by atoms with Gasteiger partial charge in [-0.3, -0.25) is 0 Å². The first kappa shape index (κ1) is 9.15. The summed E-state index contributed by atoms with van der Waals surface area (Å²) in [6.45, 7) is 4.03. The Kier molecular flexibility index (Phi) is 2.45. The third kappa shape index (κ3) is 1.61. The van der Waals surface area contributed by atoms with E-state index in [0.717, 1.165) is 30.2 Å². The lowest BCUT2D eigenvalue weighted by atomic mass is 10.1. The van der Waals surface area contributed by atoms with Crippen LogP contribution in [0.25, 0.3) is 0 Å². The van der Waals surface area contributed by atoms with Gasteiger partial charge in [-0.2, -0.15) is 0 Å². The molecule has 0 spiro atoms. The summed E-state index contributed by atoms with van der Waals surface area (Å²) in [4.78, 5) is 0. The van der Waals surface area contributed by atoms with Crippen molar-refractivity contribution in [3.05, 3.63) is 17.7 Å². The number of benzene rings is 1. The van der Waals surface area contributed by atoms with Crippen LogP contribution < -0.4 is 20.5 Å². The van der Waals surface area contributed by atoms with Crippen molar-refractivity contribution in [1.29, 1.82) is 0 Å². The topological polar surface area (TPSA) is 56.5 Å². The van der Waals surface area contributed by atoms with Crippen LogP contribution >= 0.6 is 0 Å². The van der Waals surface area contributed by atoms with E-state index in [1.54, 1.807) is 6.07 Å². The Bertz CT molecular complexity index is 339. The molecule has 4 heteroatoms. The number of hydrogen-bond donors (Lipinski definition) is 2. The first-order valence-electron chi connectivity index (χ1n) is 4.70. The highest BCUT2D eigenvalue weighted by Gasteiger charge is 2.17. The van der Waals surface area contributed by atoms with Crippen molar-refractivity contribution < 1.29 is 9.47 Å². The number of fused-ring (bicyclic) bond motifs is 1. The zero-order chi connectivity index (χ0) is 9.97. The second-order valence-electron chi connectivity index (χ2n) is 3.19. The van der Waals surface area contributed by atoms with Crippen LogP contribution in [0, 0.1) is 0 Å². The molecule has 0 radical (unpaired) electrons. The molecule has 2 rings (SSSR count). The number of anilines is 1. The molecule has 0 saturated heterocycles. The molecule has 0 aliphatic carbocycles. The average molecular weight is 194 g/mol. The third-order valence-electron chi connectivity index (χ3n) is 2.14. The van der Waals surface area contributed by atoms with E-state index in [4.69, 9.17) is 15.2 Å². The molecule has 3 N–H and O–H groups in total. The van der Waals surface area contributed by atoms with Crippen molar-refractivity contribution in [2.24, 2.45) is 0 Å². The SMILES string of the molecule is CCNCc1cc(N)cc2c1OCO2. The molecule has 0 fully saturated rings. The fourth-order valence-corrected chi connectivity index (χ4v) is 1.50. The summed E-state index contributed by atoms with van der Waals surface area (Å²) in [6.07, 6.45) is 0. The van der Waals surface area contributed by atoms with Gasteiger partial charge in [0, 0.05) is 23.9 Å². The number of ether oxygens (including phenoxy) is 2. The van der Waals surface area contributed by atoms with Gasteiger partial charge >= 0.3 is 0 Å². The van der Waals surface area contributed by atoms with Crippen molar-refractivity contribution in [3.8, 4) is 11.5 Å². The number of nitrogens with two attached hydrogens (primary N) is 1. The van der Waals surface area contributed by atoms with Crippen LogP contribution in [-0.4, -0.2) is 13.3 Å². The summed E-state index contributed by atoms with van der Waals surface area (Å²) in [5.41, 5.74) is 7.51. The molecular formula is C10H14N2O2. The largest absolute Gasteiger partial charge is 0.454 e. The molecule has 0 aromatic heterocycles. The highest BCUT2D eigenvalue weighted by Crippen LogP contribution is 2.37. The summed E-state index contributed by atoms with van der Waals surface area (Å²) in [7, 11) is 0. The molecule has 4 nitrogen and oxygen atoms in total. The Morgan fingerprint density at radius 1 is 1.43 bits per heavy atom. The van der Waals surface area contributed by atoms with E-state index >= 15 is 0 Å². The molecule has 0 atom stereocenters. The van der Waals surface area contributed by atoms with Crippen molar-refractivity contribution in [3.63, 3.8) is 0 Å². The number of rotatable bonds is 3. The van der Waals surface area contributed by atoms with Gasteiger partial charge in [-0.25, -0.2) is 0 Å². The Hall–Kier alpha value is -1.42. The first-order valence-corrected chi connectivity index (χ1v) is 4.70. The fraction of sp³-hybridized carbons (Fsp3) is 0.400. The van der Waals surface area contributed by atoms with Crippen LogP contribution in [0.2, 0.25) is 0 Å². The van der Waals surface area contributed by atoms with E-state index in [0.29, 0.717) is 5.69 Å². The lowest BCUT2D eigenvalue weighted by molar-refractivity contribution is 0.173. The average Bonchev–Trinajstić information content (AvgIpc) is 2.61. The van der Waals surface area contributed by atoms with E-state index in [1.807, 2.05) is 6.07 Å². The maximum Gasteiger partial charge on any atom is 0.231 e. The number of hydrogen-bond acceptors (Lipinski definition) is 4. The van der Waals surface area contributed by atoms with Crippen molar-refractivity contribution in [2.45, 2.75) is 13.5 Å². The van der Waals surface area contributed by atoms with Crippen LogP contribution in [0.1, 0.15) is 12.5 Å². The lowest BCUT2D eigenvalue weighted by Crippen LogP contribution is -2.12. The van der Waals surface area contributed by atoms with Gasteiger partial charge < -0.3 is 20.5 Å². The van der Waals surface area contributed by atoms with Crippen LogP contribution in [-0.2, 0) is 6.54 Å². The van der Waals surface area contributed by atoms with Crippen LogP contribution in [0.15, 0.2) is 12.1 Å². The summed E-state index contributed by atoms with van der Waals surface area (Å²) < 4.78 is 10.6. The molecule has 0 saturated carbocycles. The second kappa shape index (κ2) is 3.75. The van der Waals surface area contributed by atoms with Gasteiger partial charge in [0.1, 0.15) is 0 Å². The highest BCUT2D eigenvalue weighted by molar-refractivity contribution is 5.58. The zero-order valence-electron chi connectivity index (χ0n) is 8.17. The Labute approximate surface area is 83.0 Å². The van der Waals surface area contributed by atoms with Gasteiger partial charge in [-0.05, 0) is 12.6 Å². The van der Waals surface area contributed by atoms with Gasteiger partial charge in [-0.1, -0.05) is 6.92 Å². The number of nitrogen functional groups attached to an aromatic ring is 1. The minimum Gasteiger partial charge on any atom is -0.454 e. The van der Waals surface area contributed by atoms with E-state index in [9.17, 15) is 0 Å². The molecule has 1 heterocycles. The minimum atomic E-state index is 0.290. The first-order chi connectivity index (χ1) is 6.81. The summed E-state index contributed by atoms with van der Waals surface area (Å²) >= 11 is 0. The molecule has 76 valence electrons. The molecule has 14 heavy (non-hydrogen) atoms. The molecule has 1 aliphatic heterocycles. The molecular weight excluding hydrogens is 180 g/mol. The smallest absolute Gasteiger partial charge is 0.231 e. The molecule has 1 aliphatic rings. The summed E-state index contributed by atoms with van der Waals surface area (Å²) in [5, 5.41) is 3.23. The van der Waals surface area contributed by atoms with Crippen LogP contribution in [0.3, 0.4) is 0 Å². The van der Waals surface area contributed by atoms with Crippen LogP contribution in [0.5, 0.6) is 11.5 Å². The fourth-order valence-electron chi connectivity index (χ4n) is 1.50. The Morgan fingerprint density at radius 3 is 3.07 bits per heavy atom. The molecule has 1 aromatic rings. The quantitative estimate of drug-likeness (QED) is 0.708. The monoisotopic (exact) mass is 194 g/mol. The third-order valence-corrected chi connectivity index (χ3v) is 2.14. The molecule has 0 unspecified atom stereocenters. The Balaban J connectivity index is 2.29. The molecule has 0 amide bonds. The predicted molar refractivity (Wildman–Crippen MR) is 54.4 cm³/mol. The normalized spacial score (nSPS) is 13.2. The molecule has 1 aromatic carbocycles. The lowest BCUT2D eigenvalue weighted by Gasteiger charge is -2.07. The maximum absolute atomic E-state index is 5.74. The van der Waals surface area contributed by atoms with Gasteiger partial charge in [0.15, 0.2) is 11.5 Å². The van der Waals surface area contributed by atoms with E-state index in [-0.39, 0.29) is 6.79 Å². The van der Waals surface area contributed by atoms with Gasteiger partial charge in [0.05, 0.1) is 0 Å². The van der Waals surface area contributed by atoms with Crippen LogP contribution in [0.4, 0.5) is 5.69 Å². The Morgan fingerprint density at radius 2 is 2.29 bits per heavy atom. The zero-order valence-corrected chi connectivity index (χ0v) is 8.17. The summed E-state index contributed by atoms with van der Waals surface area (Å²) in [6, 6.07) is 3.70. The molecule has 0 bridgehead atoms. The van der Waals surface area contributed by atoms with Gasteiger partial charge in [-0.15, -0.1) is 0 Å². The van der Waals surface area contributed by atoms with Crippen molar-refractivity contribution >= 4 is 5.69 Å². The minimum absolute atomic E-state index is 0.290. The van der Waals surface area contributed by atoms with E-state index < -0.39 is 0 Å². The van der Waals surface area contributed by atoms with E-state index in [1.165, 1.54) is 0 Å². The van der Waals surface area contributed by atoms with Crippen molar-refractivity contribution in [2.75, 3.05) is 19.1 Å². The summed E-state index contributed by atoms with van der Waals surface area (Å²) in [5.74, 6) is 1.57. The van der Waals surface area contributed by atoms with Gasteiger partial charge in [0.25, 0.3) is 0 Å². The standard InChI is InChI=1S/C10H14N2O2/c1-2-12-5-7-3-8(11)4-9-10(7)14-6-13-9/h3-4,12H,2,5-6,11H2,1H3. The van der Waals surface area contributed by atoms with Crippen molar-refractivity contribution in [1.82, 2.24) is 5.32 Å². The maximum atomic E-state index is 5.74.